The molecule has 0 heterocycles. The molecule has 164 valence electrons. The Morgan fingerprint density at radius 3 is 2.53 bits per heavy atom. The first-order valence-electron chi connectivity index (χ1n) is 10.4. The maximum atomic E-state index is 13.0. The van der Waals surface area contributed by atoms with E-state index in [0.29, 0.717) is 18.2 Å². The lowest BCUT2D eigenvalue weighted by atomic mass is 9.99. The van der Waals surface area contributed by atoms with E-state index in [9.17, 15) is 13.2 Å². The topological polar surface area (TPSA) is 75.3 Å². The van der Waals surface area contributed by atoms with E-state index in [1.54, 1.807) is 18.2 Å². The molecule has 0 saturated heterocycles. The number of hydrogen-bond donors (Lipinski definition) is 2. The first-order chi connectivity index (χ1) is 14.2. The molecule has 5 nitrogen and oxygen atoms in total. The first-order valence-corrected chi connectivity index (χ1v) is 12.2. The monoisotopic (exact) mass is 450 g/mol. The van der Waals surface area contributed by atoms with Gasteiger partial charge in [0.25, 0.3) is 15.9 Å². The van der Waals surface area contributed by atoms with E-state index in [2.05, 4.69) is 23.9 Å². The summed E-state index contributed by atoms with van der Waals surface area (Å²) in [5.41, 5.74) is 2.57. The molecule has 0 aliphatic carbocycles. The molecule has 30 heavy (non-hydrogen) atoms. The van der Waals surface area contributed by atoms with Gasteiger partial charge in [0.1, 0.15) is 4.90 Å². The van der Waals surface area contributed by atoms with Crippen molar-refractivity contribution < 1.29 is 13.2 Å². The highest BCUT2D eigenvalue weighted by molar-refractivity contribution is 7.92. The average molecular weight is 451 g/mol. The number of aryl methyl sites for hydroxylation is 1. The highest BCUT2D eigenvalue weighted by Crippen LogP contribution is 2.27. The summed E-state index contributed by atoms with van der Waals surface area (Å²) >= 11 is 6.18. The van der Waals surface area contributed by atoms with Gasteiger partial charge in [-0.2, -0.15) is 0 Å². The second-order valence-electron chi connectivity index (χ2n) is 7.62. The molecule has 0 aliphatic rings. The zero-order valence-electron chi connectivity index (χ0n) is 18.1. The van der Waals surface area contributed by atoms with Crippen molar-refractivity contribution in [1.82, 2.24) is 5.32 Å². The molecule has 0 saturated carbocycles. The zero-order chi connectivity index (χ0) is 22.3. The van der Waals surface area contributed by atoms with Gasteiger partial charge < -0.3 is 5.32 Å². The first kappa shape index (κ1) is 24.2. The van der Waals surface area contributed by atoms with Crippen molar-refractivity contribution in [3.05, 3.63) is 58.1 Å². The van der Waals surface area contributed by atoms with Gasteiger partial charge in [-0.25, -0.2) is 8.42 Å². The molecule has 0 aliphatic heterocycles. The number of amides is 1. The number of sulfonamides is 1. The molecule has 0 radical (unpaired) electrons. The molecule has 2 aromatic carbocycles. The van der Waals surface area contributed by atoms with Gasteiger partial charge in [0.2, 0.25) is 0 Å². The fraction of sp³-hybridized carbons (Fsp3) is 0.435. The number of unbranched alkanes of at least 4 members (excludes halogenated alkanes) is 1. The minimum absolute atomic E-state index is 0.0683. The molecule has 2 N–H and O–H groups in total. The molecule has 7 heteroatoms. The van der Waals surface area contributed by atoms with Gasteiger partial charge in [-0.3, -0.25) is 9.52 Å². The molecule has 0 bridgehead atoms. The van der Waals surface area contributed by atoms with Crippen LogP contribution in [0, 0.1) is 19.8 Å². The van der Waals surface area contributed by atoms with Crippen LogP contribution in [0.15, 0.2) is 41.3 Å². The number of benzene rings is 2. The van der Waals surface area contributed by atoms with Crippen molar-refractivity contribution in [2.45, 2.75) is 58.3 Å². The van der Waals surface area contributed by atoms with Crippen LogP contribution in [0.2, 0.25) is 5.02 Å². The minimum atomic E-state index is -3.95. The third kappa shape index (κ3) is 6.22. The van der Waals surface area contributed by atoms with Gasteiger partial charge in [0.15, 0.2) is 0 Å². The quantitative estimate of drug-likeness (QED) is 0.487. The van der Waals surface area contributed by atoms with Crippen LogP contribution in [-0.2, 0) is 10.0 Å². The highest BCUT2D eigenvalue weighted by Gasteiger charge is 2.21. The summed E-state index contributed by atoms with van der Waals surface area (Å²) in [6, 6.07) is 9.72. The minimum Gasteiger partial charge on any atom is -0.352 e. The molecule has 0 spiro atoms. The molecular weight excluding hydrogens is 420 g/mol. The number of halogens is 1. The Morgan fingerprint density at radius 1 is 1.13 bits per heavy atom. The number of rotatable bonds is 10. The smallest absolute Gasteiger partial charge is 0.263 e. The van der Waals surface area contributed by atoms with Crippen LogP contribution < -0.4 is 10.0 Å². The van der Waals surface area contributed by atoms with Crippen LogP contribution in [0.3, 0.4) is 0 Å². The van der Waals surface area contributed by atoms with Gasteiger partial charge in [-0.05, 0) is 61.6 Å². The van der Waals surface area contributed by atoms with Gasteiger partial charge in [-0.15, -0.1) is 0 Å². The predicted octanol–water partition coefficient (Wildman–Crippen LogP) is 5.70. The Labute approximate surface area is 185 Å². The average Bonchev–Trinajstić information content (AvgIpc) is 2.71. The predicted molar refractivity (Wildman–Crippen MR) is 124 cm³/mol. The summed E-state index contributed by atoms with van der Waals surface area (Å²) in [5.74, 6) is 0.111. The standard InChI is InChI=1S/C23H31ClN2O3S/c1-5-7-10-18(6-2)15-25-23(27)19-12-13-20(24)22(14-19)30(28,29)26-21-11-8-9-16(3)17(21)4/h8-9,11-14,18,26H,5-7,10,15H2,1-4H3,(H,25,27)/t18-/m0/s1. The van der Waals surface area contributed by atoms with Crippen LogP contribution in [0.25, 0.3) is 0 Å². The maximum Gasteiger partial charge on any atom is 0.263 e. The van der Waals surface area contributed by atoms with Crippen LogP contribution in [-0.4, -0.2) is 20.9 Å². The Bertz CT molecular complexity index is 990. The van der Waals surface area contributed by atoms with Crippen molar-refractivity contribution in [2.24, 2.45) is 5.92 Å². The van der Waals surface area contributed by atoms with Crippen LogP contribution in [0.5, 0.6) is 0 Å². The summed E-state index contributed by atoms with van der Waals surface area (Å²) in [4.78, 5) is 12.5. The van der Waals surface area contributed by atoms with Crippen LogP contribution >= 0.6 is 11.6 Å². The van der Waals surface area contributed by atoms with E-state index in [-0.39, 0.29) is 21.4 Å². The summed E-state index contributed by atoms with van der Waals surface area (Å²) in [6.07, 6.45) is 4.30. The Balaban J connectivity index is 2.21. The van der Waals surface area contributed by atoms with Crippen molar-refractivity contribution >= 4 is 33.2 Å². The molecular formula is C23H31ClN2O3S. The summed E-state index contributed by atoms with van der Waals surface area (Å²) in [6.45, 7) is 8.59. The van der Waals surface area contributed by atoms with E-state index in [4.69, 9.17) is 11.6 Å². The van der Waals surface area contributed by atoms with Crippen LogP contribution in [0.4, 0.5) is 5.69 Å². The third-order valence-corrected chi connectivity index (χ3v) is 7.27. The van der Waals surface area contributed by atoms with Gasteiger partial charge in [0, 0.05) is 12.1 Å². The van der Waals surface area contributed by atoms with E-state index in [0.717, 1.165) is 36.8 Å². The number of nitrogens with one attached hydrogen (secondary N) is 2. The van der Waals surface area contributed by atoms with Gasteiger partial charge in [0.05, 0.1) is 10.7 Å². The highest BCUT2D eigenvalue weighted by atomic mass is 35.5. The van der Waals surface area contributed by atoms with Crippen molar-refractivity contribution in [3.63, 3.8) is 0 Å². The second-order valence-corrected chi connectivity index (χ2v) is 9.68. The van der Waals surface area contributed by atoms with E-state index < -0.39 is 10.0 Å². The van der Waals surface area contributed by atoms with Gasteiger partial charge in [-0.1, -0.05) is 56.8 Å². The fourth-order valence-electron chi connectivity index (χ4n) is 3.19. The Hall–Kier alpha value is -2.05. The summed E-state index contributed by atoms with van der Waals surface area (Å²) in [7, 11) is -3.95. The van der Waals surface area contributed by atoms with Crippen LogP contribution in [0.1, 0.15) is 61.0 Å². The molecule has 0 unspecified atom stereocenters. The fourth-order valence-corrected chi connectivity index (χ4v) is 4.84. The lowest BCUT2D eigenvalue weighted by molar-refractivity contribution is 0.0945. The number of hydrogen-bond acceptors (Lipinski definition) is 3. The molecule has 0 aromatic heterocycles. The summed E-state index contributed by atoms with van der Waals surface area (Å²) in [5, 5.41) is 2.99. The van der Waals surface area contributed by atoms with E-state index in [1.165, 1.54) is 12.1 Å². The summed E-state index contributed by atoms with van der Waals surface area (Å²) < 4.78 is 28.5. The Kier molecular flexibility index (Phi) is 8.74. The molecule has 1 amide bonds. The van der Waals surface area contributed by atoms with Crippen molar-refractivity contribution in [1.29, 1.82) is 0 Å². The van der Waals surface area contributed by atoms with Crippen molar-refractivity contribution in [2.75, 3.05) is 11.3 Å². The third-order valence-electron chi connectivity index (χ3n) is 5.43. The second kappa shape index (κ2) is 10.8. The molecule has 2 rings (SSSR count). The maximum absolute atomic E-state index is 13.0. The molecule has 1 atom stereocenters. The molecule has 0 fully saturated rings. The number of carbonyl (C=O) groups is 1. The largest absolute Gasteiger partial charge is 0.352 e. The lowest BCUT2D eigenvalue weighted by Gasteiger charge is -2.16. The van der Waals surface area contributed by atoms with Gasteiger partial charge >= 0.3 is 0 Å². The molecule has 2 aromatic rings. The SMILES string of the molecule is CCCC[C@H](CC)CNC(=O)c1ccc(Cl)c(S(=O)(=O)Nc2cccc(C)c2C)c1. The normalized spacial score (nSPS) is 12.4. The number of anilines is 1. The lowest BCUT2D eigenvalue weighted by Crippen LogP contribution is -2.29. The number of carbonyl (C=O) groups excluding carboxylic acids is 1. The van der Waals surface area contributed by atoms with E-state index >= 15 is 0 Å². The van der Waals surface area contributed by atoms with Crippen molar-refractivity contribution in [3.8, 4) is 0 Å². The van der Waals surface area contributed by atoms with E-state index in [1.807, 2.05) is 19.9 Å². The Morgan fingerprint density at radius 2 is 1.87 bits per heavy atom. The zero-order valence-corrected chi connectivity index (χ0v) is 19.7.